The average molecular weight is 1100 g/mol. The van der Waals surface area contributed by atoms with Gasteiger partial charge < -0.3 is 98.8 Å². The van der Waals surface area contributed by atoms with Crippen molar-refractivity contribution < 1.29 is 113 Å². The van der Waals surface area contributed by atoms with Crippen molar-refractivity contribution in [1.29, 1.82) is 0 Å². The topological polar surface area (TPSA) is 357 Å². The molecule has 0 aromatic rings. The standard InChI is InChI=1S/C54H84O23/c1-22(23(2)71-24(3)57)45(68)70-21-54-26-16-49(4,5)43(42(54)65)73-32(54)17-53(9)25(26)10-11-30-50(6)14-13-31(51(7,20-56)29(50)12-15-52(30,53)8)74-48-40(76-46-36(62)33(59)27(58)19-69-46)38(64)39(41(77-48)44(66)67)75-47-37(63)35(61)34(60)28(18-55)72-47/h10,22-23,26-43,46-48,55-56,58-65H,11-21H2,1-9H3,(H,66,67)/t22-,23-,26+,27-,28-,29+,30+,31-,32-,33+,34-,35+,36-,37-,38+,39+,40-,41+,42-,43-,46+,47-,48-,50+,51-,52+,53-,54-/m1/s1. The van der Waals surface area contributed by atoms with Crippen molar-refractivity contribution in [2.45, 2.75) is 224 Å². The average Bonchev–Trinajstić information content (AvgIpc) is 3.95. The fraction of sp³-hybridized carbons (Fsp3) is 0.907. The number of hydrogen-bond donors (Lipinski definition) is 11. The quantitative estimate of drug-likeness (QED) is 0.0588. The Morgan fingerprint density at radius 1 is 0.753 bits per heavy atom. The third kappa shape index (κ3) is 9.25. The van der Waals surface area contributed by atoms with E-state index in [-0.39, 0.29) is 36.4 Å². The summed E-state index contributed by atoms with van der Waals surface area (Å²) in [7, 11) is 0. The lowest BCUT2D eigenvalue weighted by Crippen LogP contribution is -2.69. The molecule has 2 bridgehead atoms. The van der Waals surface area contributed by atoms with Crippen molar-refractivity contribution in [3.05, 3.63) is 11.6 Å². The van der Waals surface area contributed by atoms with Gasteiger partial charge in [0, 0.05) is 12.3 Å². The van der Waals surface area contributed by atoms with Crippen LogP contribution in [0.25, 0.3) is 0 Å². The molecule has 8 fully saturated rings. The first-order valence-corrected chi connectivity index (χ1v) is 27.4. The van der Waals surface area contributed by atoms with Crippen molar-refractivity contribution in [2.75, 3.05) is 26.4 Å². The zero-order chi connectivity index (χ0) is 56.4. The van der Waals surface area contributed by atoms with E-state index in [4.69, 9.17) is 42.6 Å². The number of aliphatic hydroxyl groups excluding tert-OH is 10. The number of ether oxygens (including phenoxy) is 9. The fourth-order valence-corrected chi connectivity index (χ4v) is 16.5. The molecule has 4 saturated heterocycles. The molecule has 438 valence electrons. The molecule has 5 aliphatic carbocycles. The van der Waals surface area contributed by atoms with E-state index >= 15 is 0 Å². The van der Waals surface area contributed by atoms with Gasteiger partial charge in [-0.2, -0.15) is 0 Å². The van der Waals surface area contributed by atoms with Crippen LogP contribution in [0.4, 0.5) is 0 Å². The second-order valence-electron chi connectivity index (χ2n) is 25.8. The van der Waals surface area contributed by atoms with E-state index in [0.29, 0.717) is 44.9 Å². The highest BCUT2D eigenvalue weighted by molar-refractivity contribution is 5.74. The Morgan fingerprint density at radius 2 is 1.43 bits per heavy atom. The number of hydrogen-bond acceptors (Lipinski definition) is 22. The summed E-state index contributed by atoms with van der Waals surface area (Å²) in [5.41, 5.74) is -2.40. The van der Waals surface area contributed by atoms with Gasteiger partial charge in [0.2, 0.25) is 0 Å². The molecule has 28 atom stereocenters. The first-order chi connectivity index (χ1) is 36.0. The minimum atomic E-state index is -2.09. The van der Waals surface area contributed by atoms with Crippen molar-refractivity contribution >= 4 is 17.9 Å². The molecular weight excluding hydrogens is 1020 g/mol. The number of carbonyl (C=O) groups excluding carboxylic acids is 2. The molecule has 0 spiro atoms. The van der Waals surface area contributed by atoms with E-state index < -0.39 is 181 Å². The largest absolute Gasteiger partial charge is 0.479 e. The van der Waals surface area contributed by atoms with Crippen LogP contribution in [0.1, 0.15) is 107 Å². The number of rotatable bonds is 14. The number of carboxylic acids is 1. The van der Waals surface area contributed by atoms with Crippen LogP contribution in [0.2, 0.25) is 0 Å². The zero-order valence-electron chi connectivity index (χ0n) is 45.5. The van der Waals surface area contributed by atoms with Crippen LogP contribution < -0.4 is 0 Å². The summed E-state index contributed by atoms with van der Waals surface area (Å²) in [4.78, 5) is 38.4. The Morgan fingerprint density at radius 3 is 2.08 bits per heavy atom. The molecule has 0 unspecified atom stereocenters. The van der Waals surface area contributed by atoms with Crippen LogP contribution in [0.5, 0.6) is 0 Å². The molecule has 23 nitrogen and oxygen atoms in total. The van der Waals surface area contributed by atoms with Crippen molar-refractivity contribution in [3.63, 3.8) is 0 Å². The van der Waals surface area contributed by atoms with Gasteiger partial charge in [-0.25, -0.2) is 4.79 Å². The SMILES string of the molecule is CC(=O)O[C@H](C)[C@@H](C)C(=O)OC[C@]12[C@H](O)[C@H]3O[C@@H]1C[C@]1(C)C(=CC[C@H]4[C@@]5(C)CC[C@@H](O[C@@H]6O[C@H](C(=O)O)[C@@H](O[C@H]7O[C@H](CO)[C@@H](O)[C@H](O)[C@H]7O)[C@H](O)[C@H]6O[C@@H]6OC[C@@H](O)[C@H](O)[C@H]6O)[C@](C)(CO)[C@H]5CC[C@@]41C)[C@@H]2CC3(C)C. The fourth-order valence-electron chi connectivity index (χ4n) is 16.5. The van der Waals surface area contributed by atoms with Gasteiger partial charge in [0.1, 0.15) is 73.8 Å². The molecule has 4 saturated carbocycles. The summed E-state index contributed by atoms with van der Waals surface area (Å²) in [5.74, 6) is -3.82. The van der Waals surface area contributed by atoms with Crippen molar-refractivity contribution in [1.82, 2.24) is 0 Å². The Kier molecular flexibility index (Phi) is 16.1. The summed E-state index contributed by atoms with van der Waals surface area (Å²) in [6, 6.07) is 0. The Labute approximate surface area is 448 Å². The van der Waals surface area contributed by atoms with Crippen LogP contribution in [0.15, 0.2) is 11.6 Å². The highest BCUT2D eigenvalue weighted by Gasteiger charge is 2.76. The van der Waals surface area contributed by atoms with Crippen molar-refractivity contribution in [3.8, 4) is 0 Å². The Bertz CT molecular complexity index is 2230. The van der Waals surface area contributed by atoms with Crippen LogP contribution >= 0.6 is 0 Å². The van der Waals surface area contributed by atoms with E-state index in [0.717, 1.165) is 0 Å². The third-order valence-corrected chi connectivity index (χ3v) is 21.3. The molecule has 11 N–H and O–H groups in total. The molecule has 0 aromatic carbocycles. The first kappa shape index (κ1) is 59.1. The van der Waals surface area contributed by atoms with Gasteiger partial charge in [0.05, 0.1) is 55.6 Å². The molecule has 4 heterocycles. The minimum absolute atomic E-state index is 0.0482. The van der Waals surface area contributed by atoms with E-state index in [9.17, 15) is 70.6 Å². The summed E-state index contributed by atoms with van der Waals surface area (Å²) in [5, 5.41) is 120. The van der Waals surface area contributed by atoms with Crippen LogP contribution in [0, 0.1) is 56.2 Å². The lowest BCUT2D eigenvalue weighted by Gasteiger charge is -2.71. The second-order valence-corrected chi connectivity index (χ2v) is 25.8. The number of aliphatic carboxylic acids is 1. The first-order valence-electron chi connectivity index (χ1n) is 27.4. The summed E-state index contributed by atoms with van der Waals surface area (Å²) < 4.78 is 54.3. The number of fused-ring (bicyclic) bond motifs is 7. The van der Waals surface area contributed by atoms with Gasteiger partial charge in [-0.05, 0) is 98.2 Å². The molecular formula is C54H84O23. The third-order valence-electron chi connectivity index (χ3n) is 21.3. The highest BCUT2D eigenvalue weighted by atomic mass is 16.8. The second kappa shape index (κ2) is 21.0. The maximum atomic E-state index is 13.6. The lowest BCUT2D eigenvalue weighted by molar-refractivity contribution is -0.387. The smallest absolute Gasteiger partial charge is 0.335 e. The van der Waals surface area contributed by atoms with Crippen LogP contribution in [0.3, 0.4) is 0 Å². The summed E-state index contributed by atoms with van der Waals surface area (Å²) >= 11 is 0. The molecule has 9 aliphatic rings. The maximum Gasteiger partial charge on any atom is 0.335 e. The Hall–Kier alpha value is -2.53. The normalized spacial score (nSPS) is 51.7. The molecule has 0 aromatic heterocycles. The van der Waals surface area contributed by atoms with Gasteiger partial charge in [-0.15, -0.1) is 0 Å². The molecule has 4 aliphatic heterocycles. The lowest BCUT2D eigenvalue weighted by atomic mass is 9.33. The monoisotopic (exact) mass is 1100 g/mol. The van der Waals surface area contributed by atoms with E-state index in [2.05, 4.69) is 40.7 Å². The van der Waals surface area contributed by atoms with Gasteiger partial charge in [0.25, 0.3) is 0 Å². The number of carboxylic acid groups (broad SMARTS) is 1. The molecule has 23 heteroatoms. The predicted molar refractivity (Wildman–Crippen MR) is 261 cm³/mol. The minimum Gasteiger partial charge on any atom is -0.479 e. The van der Waals surface area contributed by atoms with Crippen LogP contribution in [-0.4, -0.2) is 217 Å². The predicted octanol–water partition coefficient (Wildman–Crippen LogP) is -0.586. The van der Waals surface area contributed by atoms with Gasteiger partial charge in [0.15, 0.2) is 25.0 Å². The van der Waals surface area contributed by atoms with E-state index in [1.165, 1.54) is 12.5 Å². The number of esters is 2. The van der Waals surface area contributed by atoms with E-state index in [1.807, 2.05) is 6.92 Å². The van der Waals surface area contributed by atoms with Crippen molar-refractivity contribution in [2.24, 2.45) is 56.2 Å². The maximum absolute atomic E-state index is 13.6. The molecule has 0 amide bonds. The van der Waals surface area contributed by atoms with Gasteiger partial charge >= 0.3 is 17.9 Å². The van der Waals surface area contributed by atoms with E-state index in [1.54, 1.807) is 13.8 Å². The van der Waals surface area contributed by atoms with Gasteiger partial charge in [-0.1, -0.05) is 53.2 Å². The number of allylic oxidation sites excluding steroid dienone is 2. The zero-order valence-corrected chi connectivity index (χ0v) is 45.5. The summed E-state index contributed by atoms with van der Waals surface area (Å²) in [6.45, 7) is 15.8. The van der Waals surface area contributed by atoms with Gasteiger partial charge in [-0.3, -0.25) is 9.59 Å². The number of carbonyl (C=O) groups is 3. The van der Waals surface area contributed by atoms with Crippen LogP contribution in [-0.2, 0) is 57.0 Å². The highest BCUT2D eigenvalue weighted by Crippen LogP contribution is 2.77. The number of aliphatic hydroxyl groups is 10. The summed E-state index contributed by atoms with van der Waals surface area (Å²) in [6.07, 6.45) is -22.8. The molecule has 0 radical (unpaired) electrons. The molecule has 9 rings (SSSR count). The Balaban J connectivity index is 0.998. The molecule has 77 heavy (non-hydrogen) atoms.